The summed E-state index contributed by atoms with van der Waals surface area (Å²) in [5, 5.41) is 6.70. The van der Waals surface area contributed by atoms with Crippen LogP contribution in [0.5, 0.6) is 0 Å². The summed E-state index contributed by atoms with van der Waals surface area (Å²) >= 11 is 0. The lowest BCUT2D eigenvalue weighted by Crippen LogP contribution is -2.40. The highest BCUT2D eigenvalue weighted by molar-refractivity contribution is 5.82. The van der Waals surface area contributed by atoms with E-state index in [1.807, 2.05) is 12.1 Å². The standard InChI is InChI=1S/C27H42N4O4/c1-6-7-8-9-10-11-12-13-14-21-15-17-22(18-16-21)25-29-24(35-30-25)19-28-23(32)20-31(5)26(33)34-27(2,3)4/h15-18H,6-14,19-20H2,1-5H3,(H,28,32). The van der Waals surface area contributed by atoms with E-state index in [2.05, 4.69) is 34.5 Å². The minimum absolute atomic E-state index is 0.0878. The van der Waals surface area contributed by atoms with Crippen LogP contribution in [0.15, 0.2) is 28.8 Å². The first kappa shape index (κ1) is 28.3. The van der Waals surface area contributed by atoms with Crippen molar-refractivity contribution < 1.29 is 18.8 Å². The lowest BCUT2D eigenvalue weighted by atomic mass is 10.0. The van der Waals surface area contributed by atoms with Crippen LogP contribution in [0.3, 0.4) is 0 Å². The molecular weight excluding hydrogens is 444 g/mol. The van der Waals surface area contributed by atoms with E-state index in [9.17, 15) is 9.59 Å². The summed E-state index contributed by atoms with van der Waals surface area (Å²) in [6.45, 7) is 7.53. The highest BCUT2D eigenvalue weighted by atomic mass is 16.6. The molecule has 0 radical (unpaired) electrons. The van der Waals surface area contributed by atoms with Crippen LogP contribution in [-0.2, 0) is 22.5 Å². The number of aromatic nitrogens is 2. The van der Waals surface area contributed by atoms with Gasteiger partial charge in [0, 0.05) is 12.6 Å². The number of nitrogens with one attached hydrogen (secondary N) is 1. The summed E-state index contributed by atoms with van der Waals surface area (Å²) < 4.78 is 10.5. The normalized spacial score (nSPS) is 11.3. The van der Waals surface area contributed by atoms with Crippen molar-refractivity contribution in [3.05, 3.63) is 35.7 Å². The fraction of sp³-hybridized carbons (Fsp3) is 0.630. The van der Waals surface area contributed by atoms with Crippen LogP contribution in [0.1, 0.15) is 90.5 Å². The van der Waals surface area contributed by atoms with Gasteiger partial charge in [0.1, 0.15) is 12.1 Å². The van der Waals surface area contributed by atoms with Crippen molar-refractivity contribution in [1.82, 2.24) is 20.4 Å². The van der Waals surface area contributed by atoms with Gasteiger partial charge < -0.3 is 19.5 Å². The summed E-state index contributed by atoms with van der Waals surface area (Å²) in [6, 6.07) is 8.23. The molecule has 2 amide bonds. The average Bonchev–Trinajstić information content (AvgIpc) is 3.28. The van der Waals surface area contributed by atoms with Crippen LogP contribution in [0.4, 0.5) is 4.79 Å². The molecule has 0 fully saturated rings. The quantitative estimate of drug-likeness (QED) is 0.334. The summed E-state index contributed by atoms with van der Waals surface area (Å²) in [6.07, 6.45) is 11.1. The Bertz CT molecular complexity index is 903. The van der Waals surface area contributed by atoms with Gasteiger partial charge in [-0.2, -0.15) is 4.98 Å². The van der Waals surface area contributed by atoms with Gasteiger partial charge in [0.05, 0.1) is 6.54 Å². The molecule has 0 aliphatic heterocycles. The SMILES string of the molecule is CCCCCCCCCCc1ccc(-c2noc(CNC(=O)CN(C)C(=O)OC(C)(C)C)n2)cc1. The molecule has 0 spiro atoms. The highest BCUT2D eigenvalue weighted by Gasteiger charge is 2.21. The van der Waals surface area contributed by atoms with Gasteiger partial charge in [-0.1, -0.05) is 81.3 Å². The third kappa shape index (κ3) is 11.4. The molecule has 0 saturated carbocycles. The molecule has 1 aromatic heterocycles. The van der Waals surface area contributed by atoms with Crippen molar-refractivity contribution in [3.63, 3.8) is 0 Å². The van der Waals surface area contributed by atoms with Crippen LogP contribution in [-0.4, -0.2) is 46.2 Å². The highest BCUT2D eigenvalue weighted by Crippen LogP contribution is 2.18. The van der Waals surface area contributed by atoms with Crippen molar-refractivity contribution in [3.8, 4) is 11.4 Å². The average molecular weight is 487 g/mol. The van der Waals surface area contributed by atoms with Crippen molar-refractivity contribution >= 4 is 12.0 Å². The molecule has 1 N–H and O–H groups in total. The smallest absolute Gasteiger partial charge is 0.410 e. The molecule has 1 aromatic carbocycles. The predicted molar refractivity (Wildman–Crippen MR) is 137 cm³/mol. The fourth-order valence-corrected chi connectivity index (χ4v) is 3.58. The number of likely N-dealkylation sites (N-methyl/N-ethyl adjacent to an activating group) is 1. The van der Waals surface area contributed by atoms with E-state index in [1.165, 1.54) is 68.9 Å². The number of amides is 2. The van der Waals surface area contributed by atoms with Gasteiger partial charge in [-0.3, -0.25) is 4.79 Å². The van der Waals surface area contributed by atoms with Crippen LogP contribution >= 0.6 is 0 Å². The molecule has 35 heavy (non-hydrogen) atoms. The molecule has 8 heteroatoms. The number of unbranched alkanes of at least 4 members (excludes halogenated alkanes) is 7. The topological polar surface area (TPSA) is 97.6 Å². The maximum Gasteiger partial charge on any atom is 0.410 e. The molecular formula is C27H42N4O4. The number of ether oxygens (including phenoxy) is 1. The van der Waals surface area contributed by atoms with E-state index in [-0.39, 0.29) is 19.0 Å². The number of aryl methyl sites for hydroxylation is 1. The number of carbonyl (C=O) groups excluding carboxylic acids is 2. The summed E-state index contributed by atoms with van der Waals surface area (Å²) in [4.78, 5) is 29.7. The van der Waals surface area contributed by atoms with Crippen LogP contribution in [0, 0.1) is 0 Å². The molecule has 0 aliphatic carbocycles. The Morgan fingerprint density at radius 1 is 1.00 bits per heavy atom. The zero-order chi connectivity index (χ0) is 25.7. The van der Waals surface area contributed by atoms with Gasteiger partial charge in [-0.15, -0.1) is 0 Å². The Labute approximate surface area is 209 Å². The summed E-state index contributed by atoms with van der Waals surface area (Å²) in [7, 11) is 1.51. The molecule has 0 saturated heterocycles. The lowest BCUT2D eigenvalue weighted by molar-refractivity contribution is -0.122. The molecule has 2 aromatic rings. The maximum absolute atomic E-state index is 12.1. The van der Waals surface area contributed by atoms with Gasteiger partial charge in [0.2, 0.25) is 17.6 Å². The van der Waals surface area contributed by atoms with Gasteiger partial charge in [0.25, 0.3) is 0 Å². The minimum atomic E-state index is -0.617. The molecule has 1 heterocycles. The van der Waals surface area contributed by atoms with Crippen LogP contribution in [0.2, 0.25) is 0 Å². The van der Waals surface area contributed by atoms with E-state index >= 15 is 0 Å². The Hall–Kier alpha value is -2.90. The third-order valence-corrected chi connectivity index (χ3v) is 5.52. The van der Waals surface area contributed by atoms with E-state index < -0.39 is 11.7 Å². The first-order valence-electron chi connectivity index (χ1n) is 12.8. The first-order chi connectivity index (χ1) is 16.7. The second kappa shape index (κ2) is 14.5. The van der Waals surface area contributed by atoms with Crippen molar-refractivity contribution in [1.29, 1.82) is 0 Å². The number of hydrogen-bond acceptors (Lipinski definition) is 6. The second-order valence-electron chi connectivity index (χ2n) is 10.0. The second-order valence-corrected chi connectivity index (χ2v) is 10.0. The molecule has 0 bridgehead atoms. The Morgan fingerprint density at radius 2 is 1.63 bits per heavy atom. The number of hydrogen-bond donors (Lipinski definition) is 1. The van der Waals surface area contributed by atoms with Crippen LogP contribution in [0.25, 0.3) is 11.4 Å². The van der Waals surface area contributed by atoms with Crippen molar-refractivity contribution in [2.45, 2.75) is 97.6 Å². The number of nitrogens with zero attached hydrogens (tertiary/aromatic N) is 3. The molecule has 2 rings (SSSR count). The molecule has 8 nitrogen and oxygen atoms in total. The molecule has 194 valence electrons. The Balaban J connectivity index is 1.71. The van der Waals surface area contributed by atoms with Crippen molar-refractivity contribution in [2.75, 3.05) is 13.6 Å². The monoisotopic (exact) mass is 486 g/mol. The van der Waals surface area contributed by atoms with Gasteiger partial charge >= 0.3 is 6.09 Å². The molecule has 0 unspecified atom stereocenters. The largest absolute Gasteiger partial charge is 0.444 e. The Morgan fingerprint density at radius 3 is 2.26 bits per heavy atom. The molecule has 0 aliphatic rings. The van der Waals surface area contributed by atoms with Gasteiger partial charge in [-0.25, -0.2) is 4.79 Å². The van der Waals surface area contributed by atoms with E-state index in [4.69, 9.17) is 9.26 Å². The fourth-order valence-electron chi connectivity index (χ4n) is 3.58. The first-order valence-corrected chi connectivity index (χ1v) is 12.8. The predicted octanol–water partition coefficient (Wildman–Crippen LogP) is 5.90. The van der Waals surface area contributed by atoms with E-state index in [1.54, 1.807) is 20.8 Å². The van der Waals surface area contributed by atoms with Crippen molar-refractivity contribution in [2.24, 2.45) is 0 Å². The lowest BCUT2D eigenvalue weighted by Gasteiger charge is -2.24. The summed E-state index contributed by atoms with van der Waals surface area (Å²) in [5.41, 5.74) is 1.56. The van der Waals surface area contributed by atoms with E-state index in [0.717, 1.165) is 12.0 Å². The number of carbonyl (C=O) groups is 2. The zero-order valence-corrected chi connectivity index (χ0v) is 22.1. The minimum Gasteiger partial charge on any atom is -0.444 e. The number of rotatable bonds is 14. The van der Waals surface area contributed by atoms with Gasteiger partial charge in [0.15, 0.2) is 0 Å². The number of benzene rings is 1. The van der Waals surface area contributed by atoms with Crippen LogP contribution < -0.4 is 5.32 Å². The van der Waals surface area contributed by atoms with Gasteiger partial charge in [-0.05, 0) is 39.2 Å². The summed E-state index contributed by atoms with van der Waals surface area (Å²) in [5.74, 6) is 0.443. The molecule has 0 atom stereocenters. The Kier molecular flexibility index (Phi) is 11.7. The van der Waals surface area contributed by atoms with E-state index in [0.29, 0.717) is 11.7 Å². The zero-order valence-electron chi connectivity index (χ0n) is 22.1. The maximum atomic E-state index is 12.1. The third-order valence-electron chi connectivity index (χ3n) is 5.52.